The molecule has 3 N–H and O–H groups in total. The van der Waals surface area contributed by atoms with E-state index >= 15 is 0 Å². The number of carbonyl (C=O) groups is 2. The lowest BCUT2D eigenvalue weighted by atomic mass is 9.49. The Morgan fingerprint density at radius 2 is 1.31 bits per heavy atom. The molecule has 0 bridgehead atoms. The molecule has 5 nitrogen and oxygen atoms in total. The third-order valence-corrected chi connectivity index (χ3v) is 12.7. The minimum Gasteiger partial charge on any atom is -0.508 e. The Hall–Kier alpha value is -2.66. The summed E-state index contributed by atoms with van der Waals surface area (Å²) in [4.78, 5) is 28.6. The topological polar surface area (TPSA) is 86.6 Å². The Balaban J connectivity index is 1.26. The van der Waals surface area contributed by atoms with Crippen molar-refractivity contribution in [2.45, 2.75) is 116 Å². The Morgan fingerprint density at radius 3 is 1.86 bits per heavy atom. The van der Waals surface area contributed by atoms with Crippen LogP contribution in [0.3, 0.4) is 0 Å². The molecule has 2 aromatic rings. The van der Waals surface area contributed by atoms with Crippen LogP contribution in [0.5, 0.6) is 5.75 Å². The molecule has 5 heteroatoms. The summed E-state index contributed by atoms with van der Waals surface area (Å²) in [6, 6.07) is 12.5. The lowest BCUT2D eigenvalue weighted by Crippen LogP contribution is -2.60. The van der Waals surface area contributed by atoms with E-state index in [1.54, 1.807) is 6.07 Å². The second-order valence-corrected chi connectivity index (χ2v) is 15.0. The minimum atomic E-state index is -0.638. The number of aryl methyl sites for hydroxylation is 3. The van der Waals surface area contributed by atoms with Gasteiger partial charge in [0, 0.05) is 6.61 Å². The highest BCUT2D eigenvalue weighted by Gasteiger charge is 2.58. The van der Waals surface area contributed by atoms with Crippen LogP contribution in [-0.2, 0) is 39.7 Å². The molecule has 0 saturated heterocycles. The molecule has 0 aromatic heterocycles. The number of fused-ring (bicyclic) bond motifs is 6. The first-order valence-electron chi connectivity index (χ1n) is 16.4. The van der Waals surface area contributed by atoms with Crippen molar-refractivity contribution in [3.63, 3.8) is 0 Å². The first kappa shape index (κ1) is 29.4. The first-order chi connectivity index (χ1) is 20.0. The molecule has 6 rings (SSSR count). The normalized spacial score (nSPS) is 35.3. The summed E-state index contributed by atoms with van der Waals surface area (Å²) >= 11 is 0. The molecule has 2 aromatic carbocycles. The molecule has 0 unspecified atom stereocenters. The molecule has 0 spiro atoms. The maximum atomic E-state index is 14.3. The zero-order valence-corrected chi connectivity index (χ0v) is 26.0. The van der Waals surface area contributed by atoms with E-state index in [4.69, 9.17) is 0 Å². The number of amides is 2. The van der Waals surface area contributed by atoms with Crippen LogP contribution in [0.4, 0.5) is 0 Å². The van der Waals surface area contributed by atoms with Crippen molar-refractivity contribution in [2.75, 3.05) is 6.61 Å². The monoisotopic (exact) mass is 571 g/mol. The third kappa shape index (κ3) is 4.44. The van der Waals surface area contributed by atoms with Crippen molar-refractivity contribution in [3.8, 4) is 5.75 Å². The number of aromatic hydroxyl groups is 1. The Labute approximate surface area is 251 Å². The van der Waals surface area contributed by atoms with E-state index in [1.807, 2.05) is 12.1 Å². The molecule has 226 valence electrons. The average molecular weight is 572 g/mol. The van der Waals surface area contributed by atoms with E-state index < -0.39 is 10.8 Å². The molecule has 4 aliphatic carbocycles. The van der Waals surface area contributed by atoms with Crippen LogP contribution in [0, 0.1) is 22.7 Å². The van der Waals surface area contributed by atoms with E-state index in [-0.39, 0.29) is 46.8 Å². The number of benzene rings is 2. The van der Waals surface area contributed by atoms with Crippen molar-refractivity contribution >= 4 is 11.8 Å². The summed E-state index contributed by atoms with van der Waals surface area (Å²) in [7, 11) is 0. The summed E-state index contributed by atoms with van der Waals surface area (Å²) in [5.74, 6) is 0.365. The molecular weight excluding hydrogens is 522 g/mol. The van der Waals surface area contributed by atoms with Gasteiger partial charge in [-0.25, -0.2) is 0 Å². The molecule has 2 saturated carbocycles. The summed E-state index contributed by atoms with van der Waals surface area (Å²) < 4.78 is 0. The van der Waals surface area contributed by atoms with Gasteiger partial charge in [0.05, 0.1) is 10.8 Å². The quantitative estimate of drug-likeness (QED) is 0.350. The van der Waals surface area contributed by atoms with Crippen LogP contribution in [0.25, 0.3) is 0 Å². The zero-order chi connectivity index (χ0) is 29.9. The first-order valence-corrected chi connectivity index (χ1v) is 16.4. The number of aliphatic hydroxyl groups excluding tert-OH is 1. The van der Waals surface area contributed by atoms with Gasteiger partial charge in [0.15, 0.2) is 0 Å². The number of imide groups is 1. The number of phenolic OH excluding ortho intramolecular Hbond substituents is 1. The number of nitrogens with one attached hydrogen (secondary N) is 1. The average Bonchev–Trinajstić information content (AvgIpc) is 2.96. The highest BCUT2D eigenvalue weighted by atomic mass is 16.3. The molecule has 0 aliphatic heterocycles. The number of carbonyl (C=O) groups excluding carboxylic acids is 2. The lowest BCUT2D eigenvalue weighted by molar-refractivity contribution is -0.150. The van der Waals surface area contributed by atoms with Gasteiger partial charge in [-0.05, 0) is 127 Å². The summed E-state index contributed by atoms with van der Waals surface area (Å²) in [6.45, 7) is 9.01. The van der Waals surface area contributed by atoms with Crippen LogP contribution < -0.4 is 5.32 Å². The van der Waals surface area contributed by atoms with Crippen LogP contribution >= 0.6 is 0 Å². The molecule has 42 heavy (non-hydrogen) atoms. The Kier molecular flexibility index (Phi) is 7.36. The van der Waals surface area contributed by atoms with E-state index in [0.29, 0.717) is 0 Å². The zero-order valence-electron chi connectivity index (χ0n) is 26.0. The Bertz CT molecular complexity index is 1400. The summed E-state index contributed by atoms with van der Waals surface area (Å²) in [6.07, 6.45) is 10.8. The largest absolute Gasteiger partial charge is 0.508 e. The predicted molar refractivity (Wildman–Crippen MR) is 165 cm³/mol. The fourth-order valence-electron chi connectivity index (χ4n) is 10.3. The van der Waals surface area contributed by atoms with Crippen molar-refractivity contribution in [1.29, 1.82) is 0 Å². The van der Waals surface area contributed by atoms with Crippen molar-refractivity contribution < 1.29 is 19.8 Å². The van der Waals surface area contributed by atoms with Gasteiger partial charge in [-0.15, -0.1) is 0 Å². The van der Waals surface area contributed by atoms with E-state index in [0.717, 1.165) is 77.0 Å². The number of hydrogen-bond acceptors (Lipinski definition) is 4. The molecule has 0 radical (unpaired) electrons. The van der Waals surface area contributed by atoms with Crippen molar-refractivity contribution in [1.82, 2.24) is 5.32 Å². The SMILES string of the molecule is C[C@]1(C(=O)NC(=O)[C@@]2(C)CCC[C@]3(C)c4cc(CCCO)ccc4CC[C@@H]23)CCC[C@]2(C)c3cc(O)ccc3CC[C@@H]12. The molecule has 0 heterocycles. The fourth-order valence-corrected chi connectivity index (χ4v) is 10.3. The lowest BCUT2D eigenvalue weighted by Gasteiger charge is -2.56. The van der Waals surface area contributed by atoms with Gasteiger partial charge in [-0.2, -0.15) is 0 Å². The van der Waals surface area contributed by atoms with Gasteiger partial charge >= 0.3 is 0 Å². The van der Waals surface area contributed by atoms with Gasteiger partial charge in [-0.3, -0.25) is 14.9 Å². The van der Waals surface area contributed by atoms with Gasteiger partial charge in [-0.1, -0.05) is 64.8 Å². The number of rotatable bonds is 5. The highest BCUT2D eigenvalue weighted by Crippen LogP contribution is 2.59. The maximum Gasteiger partial charge on any atom is 0.232 e. The minimum absolute atomic E-state index is 0.0920. The molecular formula is C37H49NO4. The van der Waals surface area contributed by atoms with Crippen LogP contribution in [0.15, 0.2) is 36.4 Å². The molecule has 6 atom stereocenters. The second-order valence-electron chi connectivity index (χ2n) is 15.0. The predicted octanol–water partition coefficient (Wildman–Crippen LogP) is 6.68. The van der Waals surface area contributed by atoms with Crippen molar-refractivity contribution in [2.24, 2.45) is 22.7 Å². The number of hydrogen-bond donors (Lipinski definition) is 3. The van der Waals surface area contributed by atoms with Gasteiger partial charge in [0.25, 0.3) is 0 Å². The smallest absolute Gasteiger partial charge is 0.232 e. The van der Waals surface area contributed by atoms with Crippen LogP contribution in [0.1, 0.15) is 113 Å². The second kappa shape index (κ2) is 10.5. The van der Waals surface area contributed by atoms with E-state index in [9.17, 15) is 19.8 Å². The van der Waals surface area contributed by atoms with E-state index in [1.165, 1.54) is 27.8 Å². The van der Waals surface area contributed by atoms with E-state index in [2.05, 4.69) is 51.2 Å². The Morgan fingerprint density at radius 1 is 0.786 bits per heavy atom. The van der Waals surface area contributed by atoms with Crippen molar-refractivity contribution in [3.05, 3.63) is 64.2 Å². The maximum absolute atomic E-state index is 14.3. The van der Waals surface area contributed by atoms with Gasteiger partial charge in [0.2, 0.25) is 11.8 Å². The molecule has 2 amide bonds. The van der Waals surface area contributed by atoms with Gasteiger partial charge < -0.3 is 10.2 Å². The molecule has 4 aliphatic rings. The third-order valence-electron chi connectivity index (χ3n) is 12.7. The summed E-state index contributed by atoms with van der Waals surface area (Å²) in [5, 5.41) is 22.7. The summed E-state index contributed by atoms with van der Waals surface area (Å²) in [5.41, 5.74) is 4.91. The number of phenols is 1. The highest BCUT2D eigenvalue weighted by molar-refractivity contribution is 6.00. The number of aliphatic hydroxyl groups is 1. The van der Waals surface area contributed by atoms with Crippen LogP contribution in [-0.4, -0.2) is 28.6 Å². The molecule has 2 fully saturated rings. The van der Waals surface area contributed by atoms with Gasteiger partial charge in [0.1, 0.15) is 5.75 Å². The standard InChI is InChI=1S/C37H49NO4/c1-34-17-6-19-36(3,30(34)15-12-25-10-9-24(8-5-21-39)22-28(25)34)32(41)38-33(42)37(4)20-7-18-35(2)29-23-27(40)14-11-26(29)13-16-31(35)37/h9-11,14,22-23,30-31,39-40H,5-8,12-13,15-21H2,1-4H3,(H,38,41,42)/t30-,31-,34-,35-,36+,37+/m1/s1. The van der Waals surface area contributed by atoms with Crippen LogP contribution in [0.2, 0.25) is 0 Å². The fraction of sp³-hybridized carbons (Fsp3) is 0.622.